The first-order valence-corrected chi connectivity index (χ1v) is 3.79. The molecule has 2 heteroatoms. The summed E-state index contributed by atoms with van der Waals surface area (Å²) >= 11 is 0. The van der Waals surface area contributed by atoms with Crippen molar-refractivity contribution in [2.24, 2.45) is 0 Å². The molecule has 1 heterocycles. The zero-order valence-corrected chi connectivity index (χ0v) is 6.17. The number of hydrogen-bond donors (Lipinski definition) is 0. The van der Waals surface area contributed by atoms with Gasteiger partial charge < -0.3 is 0 Å². The van der Waals surface area contributed by atoms with E-state index in [4.69, 9.17) is 5.26 Å². The van der Waals surface area contributed by atoms with Gasteiger partial charge in [-0.3, -0.25) is 0 Å². The molecule has 0 aromatic carbocycles. The number of aryl methyl sites for hydroxylation is 2. The van der Waals surface area contributed by atoms with Crippen LogP contribution in [0.2, 0.25) is 0 Å². The van der Waals surface area contributed by atoms with Crippen molar-refractivity contribution in [1.29, 1.82) is 5.26 Å². The van der Waals surface area contributed by atoms with Crippen molar-refractivity contribution in [1.82, 2.24) is 4.98 Å². The van der Waals surface area contributed by atoms with E-state index in [0.29, 0.717) is 5.69 Å². The number of aromatic nitrogens is 1. The number of nitrogens with zero attached hydrogens (tertiary/aromatic N) is 2. The fourth-order valence-electron chi connectivity index (χ4n) is 1.48. The monoisotopic (exact) mass is 144 g/mol. The van der Waals surface area contributed by atoms with Crippen molar-refractivity contribution < 1.29 is 0 Å². The van der Waals surface area contributed by atoms with E-state index in [1.54, 1.807) is 6.07 Å². The highest BCUT2D eigenvalue weighted by molar-refractivity contribution is 5.31. The van der Waals surface area contributed by atoms with E-state index in [9.17, 15) is 0 Å². The van der Waals surface area contributed by atoms with Crippen LogP contribution in [-0.2, 0) is 12.8 Å². The lowest BCUT2D eigenvalue weighted by Crippen LogP contribution is -1.90. The lowest BCUT2D eigenvalue weighted by molar-refractivity contribution is 0.898. The van der Waals surface area contributed by atoms with Crippen molar-refractivity contribution in [2.45, 2.75) is 19.3 Å². The first-order valence-electron chi connectivity index (χ1n) is 3.79. The first kappa shape index (κ1) is 6.36. The second-order valence-corrected chi connectivity index (χ2v) is 2.77. The summed E-state index contributed by atoms with van der Waals surface area (Å²) in [5, 5.41) is 8.56. The molecule has 0 bridgehead atoms. The normalized spacial score (nSPS) is 14.1. The third kappa shape index (κ3) is 0.988. The van der Waals surface area contributed by atoms with E-state index >= 15 is 0 Å². The van der Waals surface area contributed by atoms with Crippen LogP contribution in [0, 0.1) is 11.3 Å². The van der Waals surface area contributed by atoms with Crippen molar-refractivity contribution in [3.63, 3.8) is 0 Å². The van der Waals surface area contributed by atoms with Crippen LogP contribution in [0.25, 0.3) is 0 Å². The second-order valence-electron chi connectivity index (χ2n) is 2.77. The Morgan fingerprint density at radius 1 is 1.36 bits per heavy atom. The molecule has 0 N–H and O–H groups in total. The third-order valence-electron chi connectivity index (χ3n) is 2.04. The molecule has 1 aromatic heterocycles. The van der Waals surface area contributed by atoms with Crippen molar-refractivity contribution >= 4 is 0 Å². The predicted octanol–water partition coefficient (Wildman–Crippen LogP) is 1.44. The van der Waals surface area contributed by atoms with E-state index in [2.05, 4.69) is 4.98 Å². The van der Waals surface area contributed by atoms with Gasteiger partial charge in [-0.2, -0.15) is 5.26 Å². The van der Waals surface area contributed by atoms with Gasteiger partial charge in [0, 0.05) is 5.69 Å². The topological polar surface area (TPSA) is 36.7 Å². The number of nitriles is 1. The maximum atomic E-state index is 8.56. The van der Waals surface area contributed by atoms with Crippen LogP contribution in [0.5, 0.6) is 0 Å². The van der Waals surface area contributed by atoms with Crippen molar-refractivity contribution in [3.05, 3.63) is 29.1 Å². The molecule has 11 heavy (non-hydrogen) atoms. The third-order valence-corrected chi connectivity index (χ3v) is 2.04. The van der Waals surface area contributed by atoms with Gasteiger partial charge in [-0.05, 0) is 30.9 Å². The molecule has 1 aliphatic rings. The Morgan fingerprint density at radius 2 is 2.27 bits per heavy atom. The van der Waals surface area contributed by atoms with E-state index in [1.165, 1.54) is 12.0 Å². The molecule has 2 nitrogen and oxygen atoms in total. The van der Waals surface area contributed by atoms with E-state index in [-0.39, 0.29) is 0 Å². The molecule has 0 spiro atoms. The Hall–Kier alpha value is -1.36. The maximum absolute atomic E-state index is 8.56. The number of pyridine rings is 1. The lowest BCUT2D eigenvalue weighted by atomic mass is 10.2. The predicted molar refractivity (Wildman–Crippen MR) is 41.0 cm³/mol. The molecule has 2 rings (SSSR count). The minimum absolute atomic E-state index is 0.547. The Bertz CT molecular complexity index is 323. The van der Waals surface area contributed by atoms with Gasteiger partial charge in [0.15, 0.2) is 0 Å². The molecule has 1 aromatic rings. The largest absolute Gasteiger partial charge is 0.242 e. The van der Waals surface area contributed by atoms with E-state index in [0.717, 1.165) is 18.5 Å². The van der Waals surface area contributed by atoms with Crippen LogP contribution in [0.1, 0.15) is 23.4 Å². The Morgan fingerprint density at radius 3 is 3.09 bits per heavy atom. The van der Waals surface area contributed by atoms with Crippen LogP contribution in [0.3, 0.4) is 0 Å². The van der Waals surface area contributed by atoms with Gasteiger partial charge in [-0.25, -0.2) is 4.98 Å². The second kappa shape index (κ2) is 2.35. The summed E-state index contributed by atoms with van der Waals surface area (Å²) in [5.74, 6) is 0. The van der Waals surface area contributed by atoms with Crippen molar-refractivity contribution in [3.8, 4) is 6.07 Å². The first-order chi connectivity index (χ1) is 5.40. The average molecular weight is 144 g/mol. The number of fused-ring (bicyclic) bond motifs is 1. The van der Waals surface area contributed by atoms with Crippen LogP contribution < -0.4 is 0 Å². The molecule has 0 amide bonds. The standard InChI is InChI=1S/C9H8N2/c10-6-8-5-4-7-2-1-3-9(7)11-8/h4-5H,1-3H2. The van der Waals surface area contributed by atoms with Gasteiger partial charge in [-0.15, -0.1) is 0 Å². The van der Waals surface area contributed by atoms with E-state index in [1.807, 2.05) is 12.1 Å². The summed E-state index contributed by atoms with van der Waals surface area (Å²) in [6.07, 6.45) is 3.37. The molecule has 0 saturated heterocycles. The Labute approximate surface area is 65.5 Å². The van der Waals surface area contributed by atoms with Crippen LogP contribution in [0.15, 0.2) is 12.1 Å². The molecule has 0 atom stereocenters. The number of hydrogen-bond acceptors (Lipinski definition) is 2. The van der Waals surface area contributed by atoms with Gasteiger partial charge in [0.2, 0.25) is 0 Å². The van der Waals surface area contributed by atoms with Gasteiger partial charge in [0.25, 0.3) is 0 Å². The SMILES string of the molecule is N#Cc1ccc2c(n1)CCC2. The molecule has 1 aliphatic carbocycles. The highest BCUT2D eigenvalue weighted by Crippen LogP contribution is 2.19. The summed E-state index contributed by atoms with van der Waals surface area (Å²) in [6.45, 7) is 0. The van der Waals surface area contributed by atoms with E-state index < -0.39 is 0 Å². The molecule has 0 fully saturated rings. The summed E-state index contributed by atoms with van der Waals surface area (Å²) < 4.78 is 0. The zero-order chi connectivity index (χ0) is 7.68. The molecule has 0 aliphatic heterocycles. The van der Waals surface area contributed by atoms with Gasteiger partial charge in [0.1, 0.15) is 11.8 Å². The molecule has 0 unspecified atom stereocenters. The minimum atomic E-state index is 0.547. The summed E-state index contributed by atoms with van der Waals surface area (Å²) in [7, 11) is 0. The minimum Gasteiger partial charge on any atom is -0.242 e. The fourth-order valence-corrected chi connectivity index (χ4v) is 1.48. The molecular weight excluding hydrogens is 136 g/mol. The lowest BCUT2D eigenvalue weighted by Gasteiger charge is -1.95. The highest BCUT2D eigenvalue weighted by atomic mass is 14.7. The summed E-state index contributed by atoms with van der Waals surface area (Å²) in [6, 6.07) is 5.86. The zero-order valence-electron chi connectivity index (χ0n) is 6.17. The smallest absolute Gasteiger partial charge is 0.140 e. The average Bonchev–Trinajstić information content (AvgIpc) is 2.50. The van der Waals surface area contributed by atoms with Gasteiger partial charge in [-0.1, -0.05) is 6.07 Å². The maximum Gasteiger partial charge on any atom is 0.140 e. The molecule has 0 radical (unpaired) electrons. The Kier molecular flexibility index (Phi) is 1.36. The summed E-state index contributed by atoms with van der Waals surface area (Å²) in [4.78, 5) is 4.21. The Balaban J connectivity index is 2.51. The van der Waals surface area contributed by atoms with Crippen molar-refractivity contribution in [2.75, 3.05) is 0 Å². The van der Waals surface area contributed by atoms with Crippen LogP contribution in [0.4, 0.5) is 0 Å². The van der Waals surface area contributed by atoms with Gasteiger partial charge in [0.05, 0.1) is 0 Å². The quantitative estimate of drug-likeness (QED) is 0.552. The fraction of sp³-hybridized carbons (Fsp3) is 0.333. The highest BCUT2D eigenvalue weighted by Gasteiger charge is 2.11. The van der Waals surface area contributed by atoms with Crippen LogP contribution in [-0.4, -0.2) is 4.98 Å². The van der Waals surface area contributed by atoms with Gasteiger partial charge >= 0.3 is 0 Å². The molecule has 54 valence electrons. The summed E-state index contributed by atoms with van der Waals surface area (Å²) in [5.41, 5.74) is 3.00. The molecule has 0 saturated carbocycles. The molecular formula is C9H8N2. The number of rotatable bonds is 0. The van der Waals surface area contributed by atoms with Crippen LogP contribution >= 0.6 is 0 Å².